The predicted molar refractivity (Wildman–Crippen MR) is 126 cm³/mol. The first-order valence-corrected chi connectivity index (χ1v) is 11.7. The minimum Gasteiger partial charge on any atom is -0.497 e. The van der Waals surface area contributed by atoms with Crippen molar-refractivity contribution < 1.29 is 9.53 Å². The summed E-state index contributed by atoms with van der Waals surface area (Å²) in [6, 6.07) is 8.30. The molecule has 1 heterocycles. The number of carbonyl (C=O) groups is 1. The van der Waals surface area contributed by atoms with Crippen molar-refractivity contribution in [3.8, 4) is 5.75 Å². The Balaban J connectivity index is 1.28. The van der Waals surface area contributed by atoms with Gasteiger partial charge in [-0.25, -0.2) is 0 Å². The highest BCUT2D eigenvalue weighted by molar-refractivity contribution is 5.80. The van der Waals surface area contributed by atoms with Crippen molar-refractivity contribution in [1.29, 1.82) is 0 Å². The van der Waals surface area contributed by atoms with Gasteiger partial charge in [0, 0.05) is 58.8 Å². The van der Waals surface area contributed by atoms with Gasteiger partial charge in [-0.05, 0) is 42.9 Å². The molecule has 7 heteroatoms. The normalized spacial score (nSPS) is 18.9. The number of rotatable bonds is 9. The zero-order valence-corrected chi connectivity index (χ0v) is 19.4. The molecule has 2 N–H and O–H groups in total. The third kappa shape index (κ3) is 6.86. The Bertz CT molecular complexity index is 709. The Morgan fingerprint density at radius 1 is 1.13 bits per heavy atom. The first kappa shape index (κ1) is 23.4. The molecule has 7 nitrogen and oxygen atoms in total. The summed E-state index contributed by atoms with van der Waals surface area (Å²) >= 11 is 0. The third-order valence-corrected chi connectivity index (χ3v) is 6.64. The zero-order valence-electron chi connectivity index (χ0n) is 19.4. The van der Waals surface area contributed by atoms with Crippen LogP contribution in [0, 0.1) is 5.92 Å². The van der Waals surface area contributed by atoms with E-state index in [9.17, 15) is 4.79 Å². The number of aliphatic imine (C=N–C) groups is 1. The SMILES string of the molecule is CN=C(NCCC(C)c1ccc(OC)cc1)NCCN1CCN(C(=O)C2CCC2)CC1. The molecule has 1 aliphatic heterocycles. The van der Waals surface area contributed by atoms with E-state index in [1.54, 1.807) is 7.11 Å². The summed E-state index contributed by atoms with van der Waals surface area (Å²) < 4.78 is 5.23. The number of ether oxygens (including phenoxy) is 1. The second-order valence-corrected chi connectivity index (χ2v) is 8.68. The van der Waals surface area contributed by atoms with Gasteiger partial charge in [0.2, 0.25) is 5.91 Å². The van der Waals surface area contributed by atoms with Crippen molar-refractivity contribution in [3.05, 3.63) is 29.8 Å². The van der Waals surface area contributed by atoms with E-state index in [-0.39, 0.29) is 0 Å². The maximum Gasteiger partial charge on any atom is 0.225 e. The highest BCUT2D eigenvalue weighted by Gasteiger charge is 2.30. The number of nitrogens with one attached hydrogen (secondary N) is 2. The first-order valence-electron chi connectivity index (χ1n) is 11.7. The van der Waals surface area contributed by atoms with Gasteiger partial charge in [0.05, 0.1) is 7.11 Å². The van der Waals surface area contributed by atoms with Crippen molar-refractivity contribution >= 4 is 11.9 Å². The average Bonchev–Trinajstić information content (AvgIpc) is 2.77. The summed E-state index contributed by atoms with van der Waals surface area (Å²) in [6.45, 7) is 8.59. The maximum atomic E-state index is 12.4. The second-order valence-electron chi connectivity index (χ2n) is 8.68. The summed E-state index contributed by atoms with van der Waals surface area (Å²) in [7, 11) is 3.51. The number of guanidine groups is 1. The molecule has 1 saturated carbocycles. The number of methoxy groups -OCH3 is 1. The van der Waals surface area contributed by atoms with Crippen LogP contribution in [0.1, 0.15) is 44.1 Å². The van der Waals surface area contributed by atoms with Gasteiger partial charge in [-0.2, -0.15) is 0 Å². The highest BCUT2D eigenvalue weighted by Crippen LogP contribution is 2.28. The highest BCUT2D eigenvalue weighted by atomic mass is 16.5. The van der Waals surface area contributed by atoms with E-state index in [0.29, 0.717) is 17.7 Å². The van der Waals surface area contributed by atoms with Gasteiger partial charge in [0.25, 0.3) is 0 Å². The van der Waals surface area contributed by atoms with Gasteiger partial charge in [0.15, 0.2) is 5.96 Å². The van der Waals surface area contributed by atoms with E-state index in [0.717, 1.165) is 76.8 Å². The minimum atomic E-state index is 0.315. The molecule has 1 aliphatic carbocycles. The molecule has 1 aromatic carbocycles. The Labute approximate surface area is 187 Å². The number of benzene rings is 1. The van der Waals surface area contributed by atoms with Crippen LogP contribution in [-0.4, -0.2) is 81.6 Å². The lowest BCUT2D eigenvalue weighted by atomic mass is 9.84. The molecule has 1 amide bonds. The quantitative estimate of drug-likeness (QED) is 0.466. The molecule has 1 unspecified atom stereocenters. The molecule has 2 fully saturated rings. The van der Waals surface area contributed by atoms with E-state index in [1.165, 1.54) is 12.0 Å². The predicted octanol–water partition coefficient (Wildman–Crippen LogP) is 2.30. The topological polar surface area (TPSA) is 69.2 Å². The summed E-state index contributed by atoms with van der Waals surface area (Å²) in [4.78, 5) is 21.2. The molecule has 3 rings (SSSR count). The number of nitrogens with zero attached hydrogens (tertiary/aromatic N) is 3. The van der Waals surface area contributed by atoms with E-state index in [1.807, 2.05) is 19.2 Å². The first-order chi connectivity index (χ1) is 15.1. The minimum absolute atomic E-state index is 0.315. The van der Waals surface area contributed by atoms with Gasteiger partial charge in [-0.3, -0.25) is 14.7 Å². The Morgan fingerprint density at radius 3 is 2.39 bits per heavy atom. The fourth-order valence-electron chi connectivity index (χ4n) is 4.16. The number of hydrogen-bond acceptors (Lipinski definition) is 4. The van der Waals surface area contributed by atoms with Crippen LogP contribution in [0.2, 0.25) is 0 Å². The fourth-order valence-corrected chi connectivity index (χ4v) is 4.16. The largest absolute Gasteiger partial charge is 0.497 e. The summed E-state index contributed by atoms with van der Waals surface area (Å²) in [5.41, 5.74) is 1.32. The van der Waals surface area contributed by atoms with Gasteiger partial charge >= 0.3 is 0 Å². The van der Waals surface area contributed by atoms with E-state index in [2.05, 4.69) is 44.5 Å². The molecule has 172 valence electrons. The second kappa shape index (κ2) is 11.9. The monoisotopic (exact) mass is 429 g/mol. The molecular weight excluding hydrogens is 390 g/mol. The summed E-state index contributed by atoms with van der Waals surface area (Å²) in [5.74, 6) is 2.91. The fraction of sp³-hybridized carbons (Fsp3) is 0.667. The molecule has 0 aromatic heterocycles. The van der Waals surface area contributed by atoms with Gasteiger partial charge in [-0.1, -0.05) is 25.5 Å². The maximum absolute atomic E-state index is 12.4. The van der Waals surface area contributed by atoms with Crippen molar-refractivity contribution in [3.63, 3.8) is 0 Å². The molecule has 1 aromatic rings. The van der Waals surface area contributed by atoms with Crippen LogP contribution in [-0.2, 0) is 4.79 Å². The molecule has 1 saturated heterocycles. The lowest BCUT2D eigenvalue weighted by Crippen LogP contribution is -2.52. The molecule has 1 atom stereocenters. The van der Waals surface area contributed by atoms with Crippen LogP contribution >= 0.6 is 0 Å². The van der Waals surface area contributed by atoms with Crippen LogP contribution in [0.3, 0.4) is 0 Å². The van der Waals surface area contributed by atoms with Crippen molar-refractivity contribution in [1.82, 2.24) is 20.4 Å². The van der Waals surface area contributed by atoms with Gasteiger partial charge < -0.3 is 20.3 Å². The molecule has 0 bridgehead atoms. The Hall–Kier alpha value is -2.28. The van der Waals surface area contributed by atoms with Crippen molar-refractivity contribution in [2.24, 2.45) is 10.9 Å². The number of hydrogen-bond donors (Lipinski definition) is 2. The molecule has 2 aliphatic rings. The van der Waals surface area contributed by atoms with Crippen LogP contribution in [0.4, 0.5) is 0 Å². The lowest BCUT2D eigenvalue weighted by molar-refractivity contribution is -0.139. The van der Waals surface area contributed by atoms with Crippen molar-refractivity contribution in [2.75, 3.05) is 60.0 Å². The Kier molecular flexibility index (Phi) is 9.00. The smallest absolute Gasteiger partial charge is 0.225 e. The summed E-state index contributed by atoms with van der Waals surface area (Å²) in [6.07, 6.45) is 4.43. The summed E-state index contributed by atoms with van der Waals surface area (Å²) in [5, 5.41) is 6.84. The zero-order chi connectivity index (χ0) is 22.1. The molecule has 31 heavy (non-hydrogen) atoms. The number of piperazine rings is 1. The average molecular weight is 430 g/mol. The van der Waals surface area contributed by atoms with Crippen molar-refractivity contribution in [2.45, 2.75) is 38.5 Å². The molecule has 0 spiro atoms. The number of amides is 1. The molecular formula is C24H39N5O2. The Morgan fingerprint density at radius 2 is 1.81 bits per heavy atom. The standard InChI is InChI=1S/C24H39N5O2/c1-19(20-7-9-22(31-3)10-8-20)11-12-26-24(25-2)27-13-14-28-15-17-29(18-16-28)23(30)21-5-4-6-21/h7-10,19,21H,4-6,11-18H2,1-3H3,(H2,25,26,27). The third-order valence-electron chi connectivity index (χ3n) is 6.64. The lowest BCUT2D eigenvalue weighted by Gasteiger charge is -2.38. The van der Waals surface area contributed by atoms with Gasteiger partial charge in [0.1, 0.15) is 5.75 Å². The van der Waals surface area contributed by atoms with Crippen LogP contribution in [0.15, 0.2) is 29.3 Å². The van der Waals surface area contributed by atoms with Crippen LogP contribution in [0.5, 0.6) is 5.75 Å². The number of carbonyl (C=O) groups excluding carboxylic acids is 1. The van der Waals surface area contributed by atoms with E-state index >= 15 is 0 Å². The van der Waals surface area contributed by atoms with E-state index in [4.69, 9.17) is 4.74 Å². The van der Waals surface area contributed by atoms with E-state index < -0.39 is 0 Å². The van der Waals surface area contributed by atoms with Crippen LogP contribution < -0.4 is 15.4 Å². The van der Waals surface area contributed by atoms with Crippen LogP contribution in [0.25, 0.3) is 0 Å². The van der Waals surface area contributed by atoms with Gasteiger partial charge in [-0.15, -0.1) is 0 Å². The molecule has 0 radical (unpaired) electrons.